The van der Waals surface area contributed by atoms with E-state index in [2.05, 4.69) is 10.4 Å². The van der Waals surface area contributed by atoms with Crippen molar-refractivity contribution in [2.24, 2.45) is 5.84 Å². The number of nitrogens with two attached hydrogens (primary N) is 1. The summed E-state index contributed by atoms with van der Waals surface area (Å²) in [5.41, 5.74) is 2.15. The van der Waals surface area contributed by atoms with Crippen LogP contribution in [0.5, 0.6) is 0 Å². The van der Waals surface area contributed by atoms with Gasteiger partial charge in [-0.3, -0.25) is 14.9 Å². The first-order chi connectivity index (χ1) is 9.94. The summed E-state index contributed by atoms with van der Waals surface area (Å²) in [6, 6.07) is 2.71. The van der Waals surface area contributed by atoms with Crippen molar-refractivity contribution >= 4 is 23.2 Å². The molecule has 3 N–H and O–H groups in total. The van der Waals surface area contributed by atoms with E-state index in [0.29, 0.717) is 13.1 Å². The lowest BCUT2D eigenvalue weighted by atomic mass is 10.3. The van der Waals surface area contributed by atoms with Gasteiger partial charge in [-0.15, -0.1) is 0 Å². The van der Waals surface area contributed by atoms with Gasteiger partial charge in [0.1, 0.15) is 5.82 Å². The summed E-state index contributed by atoms with van der Waals surface area (Å²) in [5.74, 6) is 5.52. The lowest BCUT2D eigenvalue weighted by Gasteiger charge is -2.23. The van der Waals surface area contributed by atoms with Gasteiger partial charge in [-0.2, -0.15) is 0 Å². The third-order valence-electron chi connectivity index (χ3n) is 3.05. The lowest BCUT2D eigenvalue weighted by molar-refractivity contribution is -0.384. The molecule has 0 saturated carbocycles. The zero-order valence-corrected chi connectivity index (χ0v) is 12.4. The molecule has 0 bridgehead atoms. The Morgan fingerprint density at radius 3 is 2.52 bits per heavy atom. The molecule has 21 heavy (non-hydrogen) atoms. The second kappa shape index (κ2) is 7.39. The maximum absolute atomic E-state index is 12.1. The minimum atomic E-state index is -0.541. The largest absolute Gasteiger partial charge is 0.345 e. The number of carbonyl (C=O) groups is 1. The van der Waals surface area contributed by atoms with Crippen molar-refractivity contribution < 1.29 is 9.72 Å². The van der Waals surface area contributed by atoms with E-state index in [-0.39, 0.29) is 29.8 Å². The second-order valence-corrected chi connectivity index (χ2v) is 4.36. The summed E-state index contributed by atoms with van der Waals surface area (Å²) in [5, 5.41) is 11.0. The number of nitro groups is 1. The van der Waals surface area contributed by atoms with Crippen LogP contribution in [0, 0.1) is 10.1 Å². The van der Waals surface area contributed by atoms with E-state index in [1.807, 2.05) is 13.8 Å². The number of amides is 1. The highest BCUT2D eigenvalue weighted by molar-refractivity contribution is 5.82. The first-order valence-corrected chi connectivity index (χ1v) is 6.55. The van der Waals surface area contributed by atoms with E-state index in [0.717, 1.165) is 0 Å². The highest BCUT2D eigenvalue weighted by atomic mass is 16.6. The average Bonchev–Trinajstić information content (AvgIpc) is 2.47. The van der Waals surface area contributed by atoms with Crippen LogP contribution in [0.4, 0.5) is 17.3 Å². The maximum Gasteiger partial charge on any atom is 0.311 e. The van der Waals surface area contributed by atoms with Gasteiger partial charge in [0.2, 0.25) is 11.7 Å². The van der Waals surface area contributed by atoms with Crippen molar-refractivity contribution in [2.45, 2.75) is 13.8 Å². The molecule has 1 rings (SSSR count). The van der Waals surface area contributed by atoms with Crippen LogP contribution < -0.4 is 16.2 Å². The normalized spacial score (nSPS) is 10.1. The standard InChI is InChI=1S/C12H20N6O3/c1-4-17(5-2)11(19)8-16(3)12-9(18(20)21)6-7-10(14-12)15-13/h6-7H,4-5,8,13H2,1-3H3,(H,14,15). The third-order valence-corrected chi connectivity index (χ3v) is 3.05. The number of hydrogen-bond donors (Lipinski definition) is 2. The molecule has 1 aromatic heterocycles. The van der Waals surface area contributed by atoms with E-state index in [9.17, 15) is 14.9 Å². The molecular formula is C12H20N6O3. The van der Waals surface area contributed by atoms with Gasteiger partial charge in [-0.05, 0) is 19.9 Å². The smallest absolute Gasteiger partial charge is 0.311 e. The van der Waals surface area contributed by atoms with Gasteiger partial charge in [-0.25, -0.2) is 10.8 Å². The van der Waals surface area contributed by atoms with Crippen molar-refractivity contribution in [3.05, 3.63) is 22.2 Å². The van der Waals surface area contributed by atoms with Crippen LogP contribution in [0.2, 0.25) is 0 Å². The summed E-state index contributed by atoms with van der Waals surface area (Å²) in [7, 11) is 1.58. The van der Waals surface area contributed by atoms with Crippen LogP contribution in [0.25, 0.3) is 0 Å². The van der Waals surface area contributed by atoms with Crippen LogP contribution in [0.3, 0.4) is 0 Å². The van der Waals surface area contributed by atoms with Crippen LogP contribution in [-0.2, 0) is 4.79 Å². The third kappa shape index (κ3) is 4.02. The first-order valence-electron chi connectivity index (χ1n) is 6.55. The molecule has 116 valence electrons. The van der Waals surface area contributed by atoms with E-state index < -0.39 is 4.92 Å². The number of nitrogen functional groups attached to an aromatic ring is 1. The highest BCUT2D eigenvalue weighted by Crippen LogP contribution is 2.26. The molecule has 0 aliphatic rings. The zero-order chi connectivity index (χ0) is 16.0. The van der Waals surface area contributed by atoms with Crippen LogP contribution in [0.1, 0.15) is 13.8 Å². The van der Waals surface area contributed by atoms with Gasteiger partial charge in [-0.1, -0.05) is 0 Å². The van der Waals surface area contributed by atoms with Gasteiger partial charge in [0.15, 0.2) is 0 Å². The number of hydrogen-bond acceptors (Lipinski definition) is 7. The van der Waals surface area contributed by atoms with E-state index in [1.165, 1.54) is 17.0 Å². The fourth-order valence-corrected chi connectivity index (χ4v) is 1.90. The predicted molar refractivity (Wildman–Crippen MR) is 79.9 cm³/mol. The molecule has 1 heterocycles. The van der Waals surface area contributed by atoms with Crippen molar-refractivity contribution in [3.8, 4) is 0 Å². The zero-order valence-electron chi connectivity index (χ0n) is 12.4. The van der Waals surface area contributed by atoms with Crippen LogP contribution >= 0.6 is 0 Å². The molecule has 0 spiro atoms. The van der Waals surface area contributed by atoms with E-state index in [1.54, 1.807) is 11.9 Å². The van der Waals surface area contributed by atoms with Crippen molar-refractivity contribution in [2.75, 3.05) is 37.0 Å². The van der Waals surface area contributed by atoms with Crippen molar-refractivity contribution in [1.82, 2.24) is 9.88 Å². The molecule has 9 heteroatoms. The minimum Gasteiger partial charge on any atom is -0.345 e. The van der Waals surface area contributed by atoms with Crippen molar-refractivity contribution in [3.63, 3.8) is 0 Å². The molecule has 0 fully saturated rings. The van der Waals surface area contributed by atoms with Gasteiger partial charge in [0.25, 0.3) is 0 Å². The maximum atomic E-state index is 12.1. The number of pyridine rings is 1. The van der Waals surface area contributed by atoms with Gasteiger partial charge >= 0.3 is 5.69 Å². The SMILES string of the molecule is CCN(CC)C(=O)CN(C)c1nc(NN)ccc1[N+](=O)[O-]. The van der Waals surface area contributed by atoms with Gasteiger partial charge < -0.3 is 15.2 Å². The molecule has 0 aliphatic carbocycles. The number of carbonyl (C=O) groups excluding carboxylic acids is 1. The fourth-order valence-electron chi connectivity index (χ4n) is 1.90. The second-order valence-electron chi connectivity index (χ2n) is 4.36. The summed E-state index contributed by atoms with van der Waals surface area (Å²) >= 11 is 0. The Morgan fingerprint density at radius 2 is 2.05 bits per heavy atom. The molecule has 0 aromatic carbocycles. The number of nitrogens with zero attached hydrogens (tertiary/aromatic N) is 4. The van der Waals surface area contributed by atoms with E-state index in [4.69, 9.17) is 5.84 Å². The molecule has 0 saturated heterocycles. The summed E-state index contributed by atoms with van der Waals surface area (Å²) in [6.07, 6.45) is 0. The Labute approximate surface area is 122 Å². The van der Waals surface area contributed by atoms with Crippen molar-refractivity contribution in [1.29, 1.82) is 0 Å². The molecule has 9 nitrogen and oxygen atoms in total. The Kier molecular flexibility index (Phi) is 5.85. The number of likely N-dealkylation sites (N-methyl/N-ethyl adjacent to an activating group) is 2. The monoisotopic (exact) mass is 296 g/mol. The topological polar surface area (TPSA) is 118 Å². The highest BCUT2D eigenvalue weighted by Gasteiger charge is 2.22. The van der Waals surface area contributed by atoms with Crippen LogP contribution in [-0.4, -0.2) is 47.4 Å². The molecule has 0 atom stereocenters. The Bertz CT molecular complexity index is 518. The lowest BCUT2D eigenvalue weighted by Crippen LogP contribution is -2.39. The Balaban J connectivity index is 3.02. The van der Waals surface area contributed by atoms with E-state index >= 15 is 0 Å². The summed E-state index contributed by atoms with van der Waals surface area (Å²) in [6.45, 7) is 4.93. The number of aromatic nitrogens is 1. The van der Waals surface area contributed by atoms with Crippen LogP contribution in [0.15, 0.2) is 12.1 Å². The molecule has 0 aliphatic heterocycles. The fraction of sp³-hybridized carbons (Fsp3) is 0.500. The number of rotatable bonds is 7. The number of nitrogens with one attached hydrogen (secondary N) is 1. The Morgan fingerprint density at radius 1 is 1.43 bits per heavy atom. The minimum absolute atomic E-state index is 0.00352. The molecular weight excluding hydrogens is 276 g/mol. The summed E-state index contributed by atoms with van der Waals surface area (Å²) < 4.78 is 0. The quantitative estimate of drug-likeness (QED) is 0.429. The predicted octanol–water partition coefficient (Wildman–Crippen LogP) is 0.580. The molecule has 1 aromatic rings. The first kappa shape index (κ1) is 16.6. The average molecular weight is 296 g/mol. The van der Waals surface area contributed by atoms with Gasteiger partial charge in [0, 0.05) is 26.2 Å². The number of hydrazine groups is 1. The number of anilines is 2. The molecule has 0 unspecified atom stereocenters. The Hall–Kier alpha value is -2.42. The summed E-state index contributed by atoms with van der Waals surface area (Å²) in [4.78, 5) is 29.7. The molecule has 0 radical (unpaired) electrons. The van der Waals surface area contributed by atoms with Gasteiger partial charge in [0.05, 0.1) is 11.5 Å². The molecule has 1 amide bonds.